The van der Waals surface area contributed by atoms with E-state index in [1.165, 1.54) is 24.1 Å². The van der Waals surface area contributed by atoms with Crippen LogP contribution >= 0.6 is 11.6 Å². The molecule has 136 valence electrons. The number of aryl methyl sites for hydroxylation is 1. The van der Waals surface area contributed by atoms with Crippen LogP contribution in [0.5, 0.6) is 0 Å². The van der Waals surface area contributed by atoms with E-state index in [9.17, 15) is 9.18 Å². The van der Waals surface area contributed by atoms with Gasteiger partial charge < -0.3 is 0 Å². The standard InChI is InChI=1S/C21H17ClFN3O/c1-12-3-4-15-10-17(21(22)24-18(15)9-12)20-11-19(25-26(20)13(2)27)14-5-7-16(23)8-6-14/h3-10,20H,11H2,1-2H3/t20-/m1/s1. The molecule has 0 fully saturated rings. The van der Waals surface area contributed by atoms with Crippen LogP contribution in [0.15, 0.2) is 53.6 Å². The minimum absolute atomic E-state index is 0.183. The highest BCUT2D eigenvalue weighted by Gasteiger charge is 2.33. The van der Waals surface area contributed by atoms with Gasteiger partial charge in [0.15, 0.2) is 0 Å². The number of carbonyl (C=O) groups is 1. The molecule has 0 N–H and O–H groups in total. The van der Waals surface area contributed by atoms with Crippen LogP contribution in [0.4, 0.5) is 4.39 Å². The Morgan fingerprint density at radius 1 is 1.19 bits per heavy atom. The van der Waals surface area contributed by atoms with Crippen molar-refractivity contribution in [2.45, 2.75) is 26.3 Å². The number of amides is 1. The zero-order valence-electron chi connectivity index (χ0n) is 14.9. The maximum atomic E-state index is 13.2. The van der Waals surface area contributed by atoms with Crippen molar-refractivity contribution in [2.24, 2.45) is 5.10 Å². The third-order valence-corrected chi connectivity index (χ3v) is 5.03. The molecule has 0 saturated heterocycles. The van der Waals surface area contributed by atoms with Crippen LogP contribution in [0.25, 0.3) is 10.9 Å². The first-order valence-electron chi connectivity index (χ1n) is 8.62. The van der Waals surface area contributed by atoms with E-state index in [1.807, 2.05) is 31.2 Å². The summed E-state index contributed by atoms with van der Waals surface area (Å²) in [6.45, 7) is 3.47. The van der Waals surface area contributed by atoms with E-state index in [-0.39, 0.29) is 17.8 Å². The fourth-order valence-electron chi connectivity index (χ4n) is 3.36. The molecule has 1 atom stereocenters. The minimum Gasteiger partial charge on any atom is -0.273 e. The largest absolute Gasteiger partial charge is 0.273 e. The number of rotatable bonds is 2. The van der Waals surface area contributed by atoms with E-state index in [4.69, 9.17) is 11.6 Å². The number of hydrogen-bond donors (Lipinski definition) is 0. The first kappa shape index (κ1) is 17.6. The first-order valence-corrected chi connectivity index (χ1v) is 9.00. The minimum atomic E-state index is -0.340. The molecular formula is C21H17ClFN3O. The van der Waals surface area contributed by atoms with Crippen molar-refractivity contribution >= 4 is 34.1 Å². The van der Waals surface area contributed by atoms with Gasteiger partial charge in [-0.05, 0) is 42.3 Å². The summed E-state index contributed by atoms with van der Waals surface area (Å²) in [6, 6.07) is 13.7. The third kappa shape index (κ3) is 3.30. The molecule has 1 aromatic heterocycles. The molecule has 1 aliphatic heterocycles. The summed E-state index contributed by atoms with van der Waals surface area (Å²) in [5, 5.41) is 7.22. The highest BCUT2D eigenvalue weighted by atomic mass is 35.5. The summed E-state index contributed by atoms with van der Waals surface area (Å²) < 4.78 is 13.2. The predicted octanol–water partition coefficient (Wildman–Crippen LogP) is 5.03. The summed E-state index contributed by atoms with van der Waals surface area (Å²) in [4.78, 5) is 16.7. The maximum absolute atomic E-state index is 13.2. The average molecular weight is 382 g/mol. The van der Waals surface area contributed by atoms with Crippen LogP contribution in [0, 0.1) is 12.7 Å². The molecule has 0 radical (unpaired) electrons. The van der Waals surface area contributed by atoms with E-state index in [2.05, 4.69) is 10.1 Å². The van der Waals surface area contributed by atoms with E-state index >= 15 is 0 Å². The molecule has 6 heteroatoms. The Bertz CT molecular complexity index is 1080. The monoisotopic (exact) mass is 381 g/mol. The van der Waals surface area contributed by atoms with Crippen molar-refractivity contribution in [3.8, 4) is 0 Å². The van der Waals surface area contributed by atoms with Crippen molar-refractivity contribution in [1.29, 1.82) is 0 Å². The summed E-state index contributed by atoms with van der Waals surface area (Å²) >= 11 is 6.47. The van der Waals surface area contributed by atoms with Gasteiger partial charge in [0, 0.05) is 24.3 Å². The Morgan fingerprint density at radius 2 is 1.93 bits per heavy atom. The van der Waals surface area contributed by atoms with Crippen LogP contribution in [-0.2, 0) is 4.79 Å². The lowest BCUT2D eigenvalue weighted by Gasteiger charge is -2.21. The summed E-state index contributed by atoms with van der Waals surface area (Å²) in [5.74, 6) is -0.494. The molecule has 2 aromatic carbocycles. The second-order valence-corrected chi connectivity index (χ2v) is 7.06. The van der Waals surface area contributed by atoms with Gasteiger partial charge in [-0.1, -0.05) is 35.9 Å². The molecule has 3 aromatic rings. The number of benzene rings is 2. The molecule has 0 bridgehead atoms. The van der Waals surface area contributed by atoms with Crippen LogP contribution < -0.4 is 0 Å². The maximum Gasteiger partial charge on any atom is 0.240 e. The Kier molecular flexibility index (Phi) is 4.40. The Morgan fingerprint density at radius 3 is 2.63 bits per heavy atom. The van der Waals surface area contributed by atoms with Gasteiger partial charge in [0.2, 0.25) is 5.91 Å². The number of fused-ring (bicyclic) bond motifs is 1. The Labute approximate surface area is 161 Å². The van der Waals surface area contributed by atoms with Gasteiger partial charge >= 0.3 is 0 Å². The van der Waals surface area contributed by atoms with Crippen LogP contribution in [0.1, 0.15) is 36.1 Å². The molecule has 4 nitrogen and oxygen atoms in total. The van der Waals surface area contributed by atoms with E-state index in [1.54, 1.807) is 12.1 Å². The smallest absolute Gasteiger partial charge is 0.240 e. The van der Waals surface area contributed by atoms with E-state index < -0.39 is 0 Å². The molecular weight excluding hydrogens is 365 g/mol. The quantitative estimate of drug-likeness (QED) is 0.584. The fourth-order valence-corrected chi connectivity index (χ4v) is 3.63. The molecule has 0 unspecified atom stereocenters. The van der Waals surface area contributed by atoms with Crippen molar-refractivity contribution in [3.63, 3.8) is 0 Å². The number of halogens is 2. The summed E-state index contributed by atoms with van der Waals surface area (Å²) in [6.07, 6.45) is 0.490. The fraction of sp³-hybridized carbons (Fsp3) is 0.190. The van der Waals surface area contributed by atoms with Gasteiger partial charge in [-0.2, -0.15) is 5.10 Å². The average Bonchev–Trinajstić information content (AvgIpc) is 3.07. The van der Waals surface area contributed by atoms with Crippen LogP contribution in [0.3, 0.4) is 0 Å². The van der Waals surface area contributed by atoms with Crippen LogP contribution in [0.2, 0.25) is 5.15 Å². The van der Waals surface area contributed by atoms with Crippen molar-refractivity contribution in [1.82, 2.24) is 9.99 Å². The number of pyridine rings is 1. The number of aromatic nitrogens is 1. The second kappa shape index (κ2) is 6.74. The van der Waals surface area contributed by atoms with Crippen molar-refractivity contribution in [3.05, 3.63) is 76.2 Å². The molecule has 0 saturated carbocycles. The SMILES string of the molecule is CC(=O)N1N=C(c2ccc(F)cc2)C[C@@H]1c1cc2ccc(C)cc2nc1Cl. The molecule has 1 amide bonds. The second-order valence-electron chi connectivity index (χ2n) is 6.70. The Hall–Kier alpha value is -2.79. The molecule has 0 spiro atoms. The summed E-state index contributed by atoms with van der Waals surface area (Å²) in [7, 11) is 0. The number of nitrogens with zero attached hydrogens (tertiary/aromatic N) is 3. The lowest BCUT2D eigenvalue weighted by atomic mass is 9.98. The molecule has 27 heavy (non-hydrogen) atoms. The predicted molar refractivity (Wildman–Crippen MR) is 104 cm³/mol. The van der Waals surface area contributed by atoms with Gasteiger partial charge in [-0.25, -0.2) is 14.4 Å². The topological polar surface area (TPSA) is 45.6 Å². The number of hydrogen-bond acceptors (Lipinski definition) is 3. The number of carbonyl (C=O) groups excluding carboxylic acids is 1. The van der Waals surface area contributed by atoms with E-state index in [0.29, 0.717) is 11.6 Å². The molecule has 2 heterocycles. The zero-order chi connectivity index (χ0) is 19.1. The lowest BCUT2D eigenvalue weighted by Crippen LogP contribution is -2.24. The van der Waals surface area contributed by atoms with Gasteiger partial charge in [-0.15, -0.1) is 0 Å². The molecule has 1 aliphatic rings. The normalized spacial score (nSPS) is 16.7. The highest BCUT2D eigenvalue weighted by Crippen LogP contribution is 2.37. The zero-order valence-corrected chi connectivity index (χ0v) is 15.7. The molecule has 0 aliphatic carbocycles. The van der Waals surface area contributed by atoms with Crippen molar-refractivity contribution < 1.29 is 9.18 Å². The Balaban J connectivity index is 1.76. The van der Waals surface area contributed by atoms with Gasteiger partial charge in [-0.3, -0.25) is 4.79 Å². The van der Waals surface area contributed by atoms with Crippen LogP contribution in [-0.4, -0.2) is 21.6 Å². The highest BCUT2D eigenvalue weighted by molar-refractivity contribution is 6.30. The van der Waals surface area contributed by atoms with E-state index in [0.717, 1.165) is 33.3 Å². The lowest BCUT2D eigenvalue weighted by molar-refractivity contribution is -0.130. The molecule has 4 rings (SSSR count). The van der Waals surface area contributed by atoms with Crippen molar-refractivity contribution in [2.75, 3.05) is 0 Å². The van der Waals surface area contributed by atoms with Gasteiger partial charge in [0.1, 0.15) is 11.0 Å². The van der Waals surface area contributed by atoms with Gasteiger partial charge in [0.25, 0.3) is 0 Å². The first-order chi connectivity index (χ1) is 12.9. The summed E-state index contributed by atoms with van der Waals surface area (Å²) in [5.41, 5.74) is 4.17. The van der Waals surface area contributed by atoms with Gasteiger partial charge in [0.05, 0.1) is 17.3 Å². The third-order valence-electron chi connectivity index (χ3n) is 4.72. The number of hydrazone groups is 1.